The van der Waals surface area contributed by atoms with Crippen molar-refractivity contribution < 1.29 is 4.79 Å². The van der Waals surface area contributed by atoms with E-state index in [9.17, 15) is 4.79 Å². The van der Waals surface area contributed by atoms with Gasteiger partial charge in [-0.25, -0.2) is 0 Å². The first-order valence-electron chi connectivity index (χ1n) is 8.19. The summed E-state index contributed by atoms with van der Waals surface area (Å²) >= 11 is 3.44. The molecule has 3 rings (SSSR count). The minimum absolute atomic E-state index is 0.0948. The zero-order chi connectivity index (χ0) is 16.9. The highest BCUT2D eigenvalue weighted by molar-refractivity contribution is 9.10. The van der Waals surface area contributed by atoms with Crippen LogP contribution in [0.1, 0.15) is 18.9 Å². The molecule has 0 saturated heterocycles. The van der Waals surface area contributed by atoms with Gasteiger partial charge in [0.05, 0.1) is 0 Å². The number of aryl methyl sites for hydroxylation is 1. The van der Waals surface area contributed by atoms with E-state index in [2.05, 4.69) is 56.1 Å². The minimum Gasteiger partial charge on any atom is -0.353 e. The molecule has 24 heavy (non-hydrogen) atoms. The van der Waals surface area contributed by atoms with Crippen molar-refractivity contribution in [1.29, 1.82) is 0 Å². The van der Waals surface area contributed by atoms with Gasteiger partial charge in [-0.05, 0) is 48.6 Å². The van der Waals surface area contributed by atoms with Crippen molar-refractivity contribution in [3.63, 3.8) is 0 Å². The van der Waals surface area contributed by atoms with Crippen LogP contribution >= 0.6 is 15.9 Å². The van der Waals surface area contributed by atoms with Gasteiger partial charge in [-0.1, -0.05) is 46.3 Å². The van der Waals surface area contributed by atoms with Crippen LogP contribution in [0.5, 0.6) is 0 Å². The fourth-order valence-corrected chi connectivity index (χ4v) is 3.19. The molecule has 0 aliphatic rings. The van der Waals surface area contributed by atoms with Crippen LogP contribution in [0.2, 0.25) is 0 Å². The number of nitrogens with one attached hydrogen (secondary N) is 1. The lowest BCUT2D eigenvalue weighted by atomic mass is 10.1. The van der Waals surface area contributed by atoms with E-state index in [0.717, 1.165) is 10.9 Å². The number of benzene rings is 2. The molecule has 3 nitrogen and oxygen atoms in total. The summed E-state index contributed by atoms with van der Waals surface area (Å²) in [6, 6.07) is 18.7. The summed E-state index contributed by atoms with van der Waals surface area (Å²) < 4.78 is 3.20. The molecular formula is C20H21BrN2O. The van der Waals surface area contributed by atoms with Gasteiger partial charge in [0.1, 0.15) is 0 Å². The Morgan fingerprint density at radius 2 is 1.88 bits per heavy atom. The molecule has 3 aromatic rings. The number of aromatic nitrogens is 1. The molecule has 0 radical (unpaired) electrons. The van der Waals surface area contributed by atoms with Crippen LogP contribution in [-0.2, 0) is 17.8 Å². The molecule has 1 aromatic heterocycles. The maximum Gasteiger partial charge on any atom is 0.222 e. The highest BCUT2D eigenvalue weighted by atomic mass is 79.9. The van der Waals surface area contributed by atoms with Gasteiger partial charge in [0.2, 0.25) is 5.91 Å². The Kier molecular flexibility index (Phi) is 5.36. The lowest BCUT2D eigenvalue weighted by Crippen LogP contribution is -2.34. The largest absolute Gasteiger partial charge is 0.353 e. The summed E-state index contributed by atoms with van der Waals surface area (Å²) in [7, 11) is 0. The number of nitrogens with zero attached hydrogens (tertiary/aromatic N) is 1. The van der Waals surface area contributed by atoms with Crippen LogP contribution in [-0.4, -0.2) is 16.5 Å². The smallest absolute Gasteiger partial charge is 0.222 e. The average Bonchev–Trinajstić information content (AvgIpc) is 2.98. The van der Waals surface area contributed by atoms with E-state index in [0.29, 0.717) is 13.0 Å². The highest BCUT2D eigenvalue weighted by Gasteiger charge is 2.09. The zero-order valence-corrected chi connectivity index (χ0v) is 15.3. The van der Waals surface area contributed by atoms with Gasteiger partial charge >= 0.3 is 0 Å². The maximum absolute atomic E-state index is 12.2. The maximum atomic E-state index is 12.2. The molecule has 0 saturated carbocycles. The Hall–Kier alpha value is -2.07. The van der Waals surface area contributed by atoms with E-state index in [1.165, 1.54) is 16.5 Å². The van der Waals surface area contributed by atoms with E-state index in [1.54, 1.807) is 0 Å². The van der Waals surface area contributed by atoms with Gasteiger partial charge in [-0.3, -0.25) is 4.79 Å². The van der Waals surface area contributed by atoms with Gasteiger partial charge in [0, 0.05) is 35.2 Å². The molecule has 1 atom stereocenters. The van der Waals surface area contributed by atoms with Crippen molar-refractivity contribution in [1.82, 2.24) is 9.88 Å². The molecule has 4 heteroatoms. The first kappa shape index (κ1) is 16.8. The number of rotatable bonds is 6. The van der Waals surface area contributed by atoms with Crippen molar-refractivity contribution in [2.45, 2.75) is 32.4 Å². The Morgan fingerprint density at radius 3 is 2.67 bits per heavy atom. The van der Waals surface area contributed by atoms with Gasteiger partial charge in [0.25, 0.3) is 0 Å². The summed E-state index contributed by atoms with van der Waals surface area (Å²) in [6.45, 7) is 2.75. The zero-order valence-electron chi connectivity index (χ0n) is 13.7. The highest BCUT2D eigenvalue weighted by Crippen LogP contribution is 2.15. The molecular weight excluding hydrogens is 364 g/mol. The van der Waals surface area contributed by atoms with E-state index < -0.39 is 0 Å². The van der Waals surface area contributed by atoms with Crippen LogP contribution in [0, 0.1) is 0 Å². The molecule has 0 aliphatic carbocycles. The lowest BCUT2D eigenvalue weighted by Gasteiger charge is -2.14. The summed E-state index contributed by atoms with van der Waals surface area (Å²) in [5.74, 6) is 0.0948. The first-order valence-corrected chi connectivity index (χ1v) is 8.99. The van der Waals surface area contributed by atoms with Crippen LogP contribution in [0.3, 0.4) is 0 Å². The molecule has 0 bridgehead atoms. The predicted octanol–water partition coefficient (Wildman–Crippen LogP) is 4.54. The fraction of sp³-hybridized carbons (Fsp3) is 0.250. The van der Waals surface area contributed by atoms with E-state index in [-0.39, 0.29) is 11.9 Å². The van der Waals surface area contributed by atoms with E-state index in [4.69, 9.17) is 0 Å². The number of hydrogen-bond donors (Lipinski definition) is 1. The third-order valence-electron chi connectivity index (χ3n) is 4.12. The normalized spacial score (nSPS) is 12.2. The number of halogens is 1. The Morgan fingerprint density at radius 1 is 1.12 bits per heavy atom. The number of carbonyl (C=O) groups excluding carboxylic acids is 1. The third kappa shape index (κ3) is 4.26. The predicted molar refractivity (Wildman–Crippen MR) is 102 cm³/mol. The van der Waals surface area contributed by atoms with Crippen molar-refractivity contribution in [3.05, 3.63) is 70.8 Å². The van der Waals surface area contributed by atoms with Crippen LogP contribution in [0.15, 0.2) is 65.3 Å². The fourth-order valence-electron chi connectivity index (χ4n) is 2.93. The third-order valence-corrected chi connectivity index (χ3v) is 4.65. The number of fused-ring (bicyclic) bond motifs is 1. The first-order chi connectivity index (χ1) is 11.6. The average molecular weight is 385 g/mol. The molecule has 0 spiro atoms. The molecule has 1 amide bonds. The van der Waals surface area contributed by atoms with Crippen molar-refractivity contribution in [2.24, 2.45) is 0 Å². The quantitative estimate of drug-likeness (QED) is 0.664. The van der Waals surface area contributed by atoms with Crippen molar-refractivity contribution >= 4 is 32.7 Å². The van der Waals surface area contributed by atoms with Crippen molar-refractivity contribution in [3.8, 4) is 0 Å². The summed E-state index contributed by atoms with van der Waals surface area (Å²) in [6.07, 6.45) is 3.37. The van der Waals surface area contributed by atoms with Gasteiger partial charge in [0.15, 0.2) is 0 Å². The second-order valence-corrected chi connectivity index (χ2v) is 7.03. The lowest BCUT2D eigenvalue weighted by molar-refractivity contribution is -0.121. The van der Waals surface area contributed by atoms with Gasteiger partial charge in [-0.15, -0.1) is 0 Å². The van der Waals surface area contributed by atoms with E-state index >= 15 is 0 Å². The molecule has 2 aromatic carbocycles. The minimum atomic E-state index is 0.0948. The van der Waals surface area contributed by atoms with E-state index in [1.807, 2.05) is 37.4 Å². The van der Waals surface area contributed by atoms with Crippen molar-refractivity contribution in [2.75, 3.05) is 0 Å². The number of carbonyl (C=O) groups is 1. The van der Waals surface area contributed by atoms with Crippen LogP contribution in [0.4, 0.5) is 0 Å². The Balaban J connectivity index is 1.51. The molecule has 0 fully saturated rings. The molecule has 1 unspecified atom stereocenters. The Bertz CT molecular complexity index is 823. The Labute approximate surface area is 150 Å². The van der Waals surface area contributed by atoms with Crippen LogP contribution in [0.25, 0.3) is 10.9 Å². The standard InChI is InChI=1S/C20H21BrN2O/c1-15(14-16-6-8-18(21)9-7-16)22-20(24)11-13-23-12-10-17-4-2-3-5-19(17)23/h2-10,12,15H,11,13-14H2,1H3,(H,22,24). The molecule has 1 heterocycles. The number of hydrogen-bond acceptors (Lipinski definition) is 1. The second-order valence-electron chi connectivity index (χ2n) is 6.12. The summed E-state index contributed by atoms with van der Waals surface area (Å²) in [4.78, 5) is 12.2. The molecule has 124 valence electrons. The summed E-state index contributed by atoms with van der Waals surface area (Å²) in [5, 5.41) is 4.30. The molecule has 0 aliphatic heterocycles. The monoisotopic (exact) mass is 384 g/mol. The second kappa shape index (κ2) is 7.67. The number of amides is 1. The molecule has 1 N–H and O–H groups in total. The topological polar surface area (TPSA) is 34.0 Å². The SMILES string of the molecule is CC(Cc1ccc(Br)cc1)NC(=O)CCn1ccc2ccccc21. The van der Waals surface area contributed by atoms with Gasteiger partial charge in [-0.2, -0.15) is 0 Å². The van der Waals surface area contributed by atoms with Crippen LogP contribution < -0.4 is 5.32 Å². The number of para-hydroxylation sites is 1. The van der Waals surface area contributed by atoms with Gasteiger partial charge < -0.3 is 9.88 Å². The summed E-state index contributed by atoms with van der Waals surface area (Å²) in [5.41, 5.74) is 2.40.